The molecule has 5 heteroatoms. The molecule has 0 spiro atoms. The first-order chi connectivity index (χ1) is 7.50. The Labute approximate surface area is 108 Å². The lowest BCUT2D eigenvalue weighted by Crippen LogP contribution is -2.22. The molecular weight excluding hydrogens is 290 g/mol. The normalized spacial score (nSPS) is 12.8. The fourth-order valence-corrected chi connectivity index (χ4v) is 2.74. The van der Waals surface area contributed by atoms with E-state index in [4.69, 9.17) is 5.11 Å². The third kappa shape index (κ3) is 4.14. The minimum Gasteiger partial charge on any atom is -0.480 e. The Morgan fingerprint density at radius 1 is 1.56 bits per heavy atom. The Morgan fingerprint density at radius 2 is 2.25 bits per heavy atom. The highest BCUT2D eigenvalue weighted by molar-refractivity contribution is 9.10. The van der Waals surface area contributed by atoms with Crippen molar-refractivity contribution in [3.63, 3.8) is 0 Å². The Bertz CT molecular complexity index is 371. The van der Waals surface area contributed by atoms with Gasteiger partial charge in [-0.2, -0.15) is 0 Å². The van der Waals surface area contributed by atoms with Crippen LogP contribution in [0.25, 0.3) is 0 Å². The molecule has 0 saturated heterocycles. The summed E-state index contributed by atoms with van der Waals surface area (Å²) >= 11 is 4.78. The number of carboxylic acid groups (broad SMARTS) is 1. The van der Waals surface area contributed by atoms with Crippen molar-refractivity contribution in [2.24, 2.45) is 5.92 Å². The lowest BCUT2D eigenvalue weighted by Gasteiger charge is -2.15. The Kier molecular flexibility index (Phi) is 5.28. The van der Waals surface area contributed by atoms with Crippen molar-refractivity contribution in [3.05, 3.63) is 28.5 Å². The minimum absolute atomic E-state index is 0.127. The number of rotatable bonds is 5. The molecule has 1 rings (SSSR count). The maximum Gasteiger partial charge on any atom is 0.316 e. The number of aromatic nitrogens is 1. The Balaban J connectivity index is 2.59. The van der Waals surface area contributed by atoms with Gasteiger partial charge in [-0.15, -0.1) is 11.8 Å². The number of thioether (sulfide) groups is 1. The van der Waals surface area contributed by atoms with Crippen LogP contribution in [0.2, 0.25) is 0 Å². The smallest absolute Gasteiger partial charge is 0.316 e. The molecule has 0 aromatic carbocycles. The van der Waals surface area contributed by atoms with Crippen LogP contribution in [0.1, 0.15) is 19.4 Å². The zero-order valence-electron chi connectivity index (χ0n) is 9.18. The van der Waals surface area contributed by atoms with Gasteiger partial charge in [0.25, 0.3) is 0 Å². The molecule has 1 aromatic rings. The van der Waals surface area contributed by atoms with Gasteiger partial charge in [-0.25, -0.2) is 0 Å². The minimum atomic E-state index is -0.747. The van der Waals surface area contributed by atoms with E-state index in [1.807, 2.05) is 19.9 Å². The highest BCUT2D eigenvalue weighted by Gasteiger charge is 2.21. The summed E-state index contributed by atoms with van der Waals surface area (Å²) in [5.41, 5.74) is 1.03. The SMILES string of the molecule is CC(C)C(SCc1cncc(Br)c1)C(=O)O. The van der Waals surface area contributed by atoms with Gasteiger partial charge in [0, 0.05) is 22.6 Å². The van der Waals surface area contributed by atoms with Gasteiger partial charge >= 0.3 is 5.97 Å². The van der Waals surface area contributed by atoms with Gasteiger partial charge in [0.2, 0.25) is 0 Å². The largest absolute Gasteiger partial charge is 0.480 e. The molecular formula is C11H14BrNO2S. The molecule has 1 unspecified atom stereocenters. The summed E-state index contributed by atoms with van der Waals surface area (Å²) in [6, 6.07) is 1.96. The second-order valence-corrected chi connectivity index (χ2v) is 5.87. The average molecular weight is 304 g/mol. The predicted molar refractivity (Wildman–Crippen MR) is 69.5 cm³/mol. The number of halogens is 1. The van der Waals surface area contributed by atoms with E-state index in [-0.39, 0.29) is 11.2 Å². The Hall–Kier alpha value is -0.550. The molecule has 1 heterocycles. The first kappa shape index (κ1) is 13.5. The zero-order chi connectivity index (χ0) is 12.1. The van der Waals surface area contributed by atoms with Crippen LogP contribution in [0.3, 0.4) is 0 Å². The molecule has 0 bridgehead atoms. The fourth-order valence-electron chi connectivity index (χ4n) is 1.27. The van der Waals surface area contributed by atoms with Gasteiger partial charge in [-0.3, -0.25) is 9.78 Å². The topological polar surface area (TPSA) is 50.2 Å². The zero-order valence-corrected chi connectivity index (χ0v) is 11.6. The first-order valence-corrected chi connectivity index (χ1v) is 6.78. The number of carbonyl (C=O) groups is 1. The molecule has 0 aliphatic heterocycles. The molecule has 16 heavy (non-hydrogen) atoms. The van der Waals surface area contributed by atoms with Crippen LogP contribution in [0.5, 0.6) is 0 Å². The van der Waals surface area contributed by atoms with Crippen LogP contribution in [0.15, 0.2) is 22.9 Å². The van der Waals surface area contributed by atoms with Crippen LogP contribution in [0, 0.1) is 5.92 Å². The van der Waals surface area contributed by atoms with Crippen molar-refractivity contribution < 1.29 is 9.90 Å². The summed E-state index contributed by atoms with van der Waals surface area (Å²) in [6.07, 6.45) is 3.47. The van der Waals surface area contributed by atoms with E-state index in [2.05, 4.69) is 20.9 Å². The molecule has 0 saturated carbocycles. The van der Waals surface area contributed by atoms with E-state index >= 15 is 0 Å². The van der Waals surface area contributed by atoms with Crippen LogP contribution in [-0.2, 0) is 10.5 Å². The van der Waals surface area contributed by atoms with E-state index in [1.54, 1.807) is 12.4 Å². The fraction of sp³-hybridized carbons (Fsp3) is 0.455. The number of carboxylic acids is 1. The molecule has 0 aliphatic rings. The third-order valence-electron chi connectivity index (χ3n) is 2.04. The Morgan fingerprint density at radius 3 is 2.75 bits per heavy atom. The third-order valence-corrected chi connectivity index (χ3v) is 4.08. The summed E-state index contributed by atoms with van der Waals surface area (Å²) in [4.78, 5) is 15.0. The van der Waals surface area contributed by atoms with Gasteiger partial charge in [0.1, 0.15) is 5.25 Å². The average Bonchev–Trinajstić information content (AvgIpc) is 2.16. The highest BCUT2D eigenvalue weighted by atomic mass is 79.9. The van der Waals surface area contributed by atoms with Gasteiger partial charge in [-0.1, -0.05) is 13.8 Å². The molecule has 1 N–H and O–H groups in total. The number of hydrogen-bond acceptors (Lipinski definition) is 3. The standard InChI is InChI=1S/C11H14BrNO2S/c1-7(2)10(11(14)15)16-6-8-3-9(12)5-13-4-8/h3-5,7,10H,6H2,1-2H3,(H,14,15). The van der Waals surface area contributed by atoms with Crippen LogP contribution in [-0.4, -0.2) is 21.3 Å². The van der Waals surface area contributed by atoms with Crippen molar-refractivity contribution in [3.8, 4) is 0 Å². The molecule has 88 valence electrons. The predicted octanol–water partition coefficient (Wildman–Crippen LogP) is 3.19. The molecule has 0 amide bonds. The summed E-state index contributed by atoms with van der Waals surface area (Å²) in [5, 5.41) is 8.67. The molecule has 1 aromatic heterocycles. The lowest BCUT2D eigenvalue weighted by molar-refractivity contribution is -0.137. The van der Waals surface area contributed by atoms with Crippen LogP contribution >= 0.6 is 27.7 Å². The highest BCUT2D eigenvalue weighted by Crippen LogP contribution is 2.24. The summed E-state index contributed by atoms with van der Waals surface area (Å²) in [5.74, 6) is 0.0484. The van der Waals surface area contributed by atoms with E-state index in [9.17, 15) is 4.79 Å². The number of aliphatic carboxylic acids is 1. The summed E-state index contributed by atoms with van der Waals surface area (Å²) in [7, 11) is 0. The van der Waals surface area contributed by atoms with E-state index < -0.39 is 5.97 Å². The van der Waals surface area contributed by atoms with Gasteiger partial charge in [-0.05, 0) is 33.5 Å². The van der Waals surface area contributed by atoms with E-state index in [0.717, 1.165) is 10.0 Å². The van der Waals surface area contributed by atoms with Gasteiger partial charge in [0.05, 0.1) is 0 Å². The maximum absolute atomic E-state index is 11.0. The maximum atomic E-state index is 11.0. The monoisotopic (exact) mass is 303 g/mol. The second kappa shape index (κ2) is 6.25. The number of nitrogens with zero attached hydrogens (tertiary/aromatic N) is 1. The summed E-state index contributed by atoms with van der Waals surface area (Å²) in [6.45, 7) is 3.84. The van der Waals surface area contributed by atoms with Crippen molar-refractivity contribution in [2.45, 2.75) is 24.9 Å². The molecule has 3 nitrogen and oxygen atoms in total. The molecule has 1 atom stereocenters. The number of pyridine rings is 1. The van der Waals surface area contributed by atoms with Crippen LogP contribution in [0.4, 0.5) is 0 Å². The first-order valence-electron chi connectivity index (χ1n) is 4.94. The molecule has 0 radical (unpaired) electrons. The van der Waals surface area contributed by atoms with Crippen molar-refractivity contribution in [1.82, 2.24) is 4.98 Å². The van der Waals surface area contributed by atoms with Crippen molar-refractivity contribution in [2.75, 3.05) is 0 Å². The van der Waals surface area contributed by atoms with Crippen molar-refractivity contribution >= 4 is 33.7 Å². The quantitative estimate of drug-likeness (QED) is 0.907. The van der Waals surface area contributed by atoms with Gasteiger partial charge < -0.3 is 5.11 Å². The molecule has 0 fully saturated rings. The summed E-state index contributed by atoms with van der Waals surface area (Å²) < 4.78 is 0.919. The molecule has 0 aliphatic carbocycles. The van der Waals surface area contributed by atoms with Gasteiger partial charge in [0.15, 0.2) is 0 Å². The number of hydrogen-bond donors (Lipinski definition) is 1. The van der Waals surface area contributed by atoms with E-state index in [0.29, 0.717) is 5.75 Å². The van der Waals surface area contributed by atoms with E-state index in [1.165, 1.54) is 11.8 Å². The van der Waals surface area contributed by atoms with Crippen molar-refractivity contribution in [1.29, 1.82) is 0 Å². The lowest BCUT2D eigenvalue weighted by atomic mass is 10.1. The second-order valence-electron chi connectivity index (χ2n) is 3.83. The van der Waals surface area contributed by atoms with Crippen LogP contribution < -0.4 is 0 Å².